The topological polar surface area (TPSA) is 43.3 Å². The predicted molar refractivity (Wildman–Crippen MR) is 47.8 cm³/mol. The highest BCUT2D eigenvalue weighted by molar-refractivity contribution is 5.48. The molecule has 62 valence electrons. The Bertz CT molecular complexity index is 403. The van der Waals surface area contributed by atoms with Crippen molar-refractivity contribution in [1.29, 1.82) is 0 Å². The second-order valence-corrected chi connectivity index (χ2v) is 2.91. The van der Waals surface area contributed by atoms with E-state index < -0.39 is 0 Å². The third-order valence-corrected chi connectivity index (χ3v) is 1.90. The lowest BCUT2D eigenvalue weighted by atomic mass is 10.3. The average molecular weight is 161 g/mol. The molecule has 0 atom stereocenters. The maximum absolute atomic E-state index is 5.52. The maximum atomic E-state index is 5.52. The Labute approximate surface area is 70.8 Å². The molecule has 2 aromatic heterocycles. The Morgan fingerprint density at radius 2 is 2.33 bits per heavy atom. The summed E-state index contributed by atoms with van der Waals surface area (Å²) in [5.41, 5.74) is 8.77. The van der Waals surface area contributed by atoms with Crippen LogP contribution in [0.2, 0.25) is 0 Å². The first kappa shape index (κ1) is 7.31. The lowest BCUT2D eigenvalue weighted by Gasteiger charge is -1.93. The van der Waals surface area contributed by atoms with Crippen molar-refractivity contribution in [2.75, 3.05) is 0 Å². The van der Waals surface area contributed by atoms with Crippen LogP contribution in [0.5, 0.6) is 0 Å². The smallest absolute Gasteiger partial charge is 0.0637 e. The summed E-state index contributed by atoms with van der Waals surface area (Å²) in [6.07, 6.45) is 5.88. The van der Waals surface area contributed by atoms with Crippen molar-refractivity contribution in [3.63, 3.8) is 0 Å². The van der Waals surface area contributed by atoms with Gasteiger partial charge in [-0.15, -0.1) is 0 Å². The van der Waals surface area contributed by atoms with E-state index in [0.29, 0.717) is 6.54 Å². The molecule has 0 aliphatic carbocycles. The normalized spacial score (nSPS) is 10.8. The van der Waals surface area contributed by atoms with Crippen LogP contribution in [0.3, 0.4) is 0 Å². The van der Waals surface area contributed by atoms with E-state index in [2.05, 4.69) is 4.98 Å². The molecule has 0 saturated heterocycles. The minimum absolute atomic E-state index is 0.584. The first-order chi connectivity index (χ1) is 5.79. The third-order valence-electron chi connectivity index (χ3n) is 1.90. The van der Waals surface area contributed by atoms with Crippen LogP contribution < -0.4 is 5.73 Å². The van der Waals surface area contributed by atoms with E-state index in [-0.39, 0.29) is 0 Å². The van der Waals surface area contributed by atoms with Gasteiger partial charge in [0.15, 0.2) is 0 Å². The maximum Gasteiger partial charge on any atom is 0.0637 e. The van der Waals surface area contributed by atoms with Crippen molar-refractivity contribution < 1.29 is 0 Å². The van der Waals surface area contributed by atoms with E-state index in [1.807, 2.05) is 36.0 Å². The van der Waals surface area contributed by atoms with E-state index in [4.69, 9.17) is 5.73 Å². The minimum atomic E-state index is 0.584. The van der Waals surface area contributed by atoms with Crippen LogP contribution in [0.25, 0.3) is 5.52 Å². The quantitative estimate of drug-likeness (QED) is 0.680. The molecule has 0 radical (unpaired) electrons. The molecule has 0 unspecified atom stereocenters. The van der Waals surface area contributed by atoms with E-state index in [1.165, 1.54) is 0 Å². The van der Waals surface area contributed by atoms with E-state index in [9.17, 15) is 0 Å². The van der Waals surface area contributed by atoms with Gasteiger partial charge in [-0.1, -0.05) is 0 Å². The molecular weight excluding hydrogens is 150 g/mol. The van der Waals surface area contributed by atoms with Gasteiger partial charge in [0.05, 0.1) is 17.4 Å². The number of aryl methyl sites for hydroxylation is 1. The van der Waals surface area contributed by atoms with Gasteiger partial charge in [-0.2, -0.15) is 0 Å². The Morgan fingerprint density at radius 1 is 1.50 bits per heavy atom. The monoisotopic (exact) mass is 161 g/mol. The number of nitrogens with two attached hydrogens (primary N) is 1. The molecule has 2 heterocycles. The van der Waals surface area contributed by atoms with Gasteiger partial charge in [-0.3, -0.25) is 4.98 Å². The fourth-order valence-electron chi connectivity index (χ4n) is 1.28. The zero-order valence-corrected chi connectivity index (χ0v) is 6.99. The number of hydrogen-bond donors (Lipinski definition) is 1. The summed E-state index contributed by atoms with van der Waals surface area (Å²) in [5.74, 6) is 0. The third kappa shape index (κ3) is 1.08. The Hall–Kier alpha value is -1.35. The second kappa shape index (κ2) is 2.60. The van der Waals surface area contributed by atoms with Gasteiger partial charge in [0.25, 0.3) is 0 Å². The van der Waals surface area contributed by atoms with Crippen molar-refractivity contribution in [2.45, 2.75) is 13.5 Å². The molecular formula is C9H11N3. The van der Waals surface area contributed by atoms with Gasteiger partial charge in [0.2, 0.25) is 0 Å². The lowest BCUT2D eigenvalue weighted by molar-refractivity contribution is 1.04. The summed E-state index contributed by atoms with van der Waals surface area (Å²) in [4.78, 5) is 4.19. The van der Waals surface area contributed by atoms with Gasteiger partial charge in [-0.05, 0) is 18.6 Å². The number of aromatic nitrogens is 2. The Balaban J connectivity index is 2.67. The van der Waals surface area contributed by atoms with Crippen LogP contribution in [0.1, 0.15) is 11.3 Å². The zero-order valence-electron chi connectivity index (χ0n) is 6.99. The van der Waals surface area contributed by atoms with Gasteiger partial charge in [0.1, 0.15) is 0 Å². The molecule has 0 saturated carbocycles. The minimum Gasteiger partial charge on any atom is -0.326 e. The fraction of sp³-hybridized carbons (Fsp3) is 0.222. The van der Waals surface area contributed by atoms with Crippen LogP contribution in [0, 0.1) is 6.92 Å². The molecule has 0 amide bonds. The van der Waals surface area contributed by atoms with E-state index in [1.54, 1.807) is 0 Å². The predicted octanol–water partition coefficient (Wildman–Crippen LogP) is 1.10. The molecule has 2 N–H and O–H groups in total. The average Bonchev–Trinajstić information content (AvgIpc) is 2.46. The van der Waals surface area contributed by atoms with Crippen LogP contribution >= 0.6 is 0 Å². The standard InChI is InChI=1S/C9H11N3/c1-7-5-12-6-8(3-10)2-9(12)4-11-7/h2,4-6H,3,10H2,1H3. The van der Waals surface area contributed by atoms with Crippen molar-refractivity contribution in [2.24, 2.45) is 5.73 Å². The van der Waals surface area contributed by atoms with Crippen LogP contribution in [0.15, 0.2) is 24.7 Å². The van der Waals surface area contributed by atoms with E-state index in [0.717, 1.165) is 16.8 Å². The number of fused-ring (bicyclic) bond motifs is 1. The first-order valence-electron chi connectivity index (χ1n) is 3.93. The number of rotatable bonds is 1. The largest absolute Gasteiger partial charge is 0.326 e. The summed E-state index contributed by atoms with van der Waals surface area (Å²) in [6.45, 7) is 2.56. The molecule has 0 spiro atoms. The van der Waals surface area contributed by atoms with Crippen LogP contribution in [0.4, 0.5) is 0 Å². The van der Waals surface area contributed by atoms with E-state index >= 15 is 0 Å². The molecule has 0 bridgehead atoms. The van der Waals surface area contributed by atoms with Crippen molar-refractivity contribution in [3.8, 4) is 0 Å². The molecule has 12 heavy (non-hydrogen) atoms. The van der Waals surface area contributed by atoms with Gasteiger partial charge < -0.3 is 10.1 Å². The molecule has 0 aliphatic rings. The van der Waals surface area contributed by atoms with Gasteiger partial charge in [-0.25, -0.2) is 0 Å². The summed E-state index contributed by atoms with van der Waals surface area (Å²) in [6, 6.07) is 2.05. The van der Waals surface area contributed by atoms with Crippen molar-refractivity contribution >= 4 is 5.52 Å². The SMILES string of the molecule is Cc1cn2cc(CN)cc2cn1. The molecule has 0 aromatic carbocycles. The highest BCUT2D eigenvalue weighted by atomic mass is 14.9. The Kier molecular flexibility index (Phi) is 1.59. The summed E-state index contributed by atoms with van der Waals surface area (Å²) in [5, 5.41) is 0. The molecule has 0 fully saturated rings. The highest BCUT2D eigenvalue weighted by Crippen LogP contribution is 2.08. The highest BCUT2D eigenvalue weighted by Gasteiger charge is 1.97. The first-order valence-corrected chi connectivity index (χ1v) is 3.93. The van der Waals surface area contributed by atoms with Gasteiger partial charge in [0, 0.05) is 18.9 Å². The van der Waals surface area contributed by atoms with Gasteiger partial charge >= 0.3 is 0 Å². The summed E-state index contributed by atoms with van der Waals surface area (Å²) >= 11 is 0. The molecule has 3 nitrogen and oxygen atoms in total. The van der Waals surface area contributed by atoms with Crippen molar-refractivity contribution in [3.05, 3.63) is 35.9 Å². The summed E-state index contributed by atoms with van der Waals surface area (Å²) < 4.78 is 2.05. The fourth-order valence-corrected chi connectivity index (χ4v) is 1.28. The lowest BCUT2D eigenvalue weighted by Crippen LogP contribution is -1.93. The second-order valence-electron chi connectivity index (χ2n) is 2.91. The molecule has 0 aliphatic heterocycles. The van der Waals surface area contributed by atoms with Crippen molar-refractivity contribution in [1.82, 2.24) is 9.38 Å². The Morgan fingerprint density at radius 3 is 3.08 bits per heavy atom. The number of hydrogen-bond acceptors (Lipinski definition) is 2. The molecule has 2 rings (SSSR count). The molecule has 3 heteroatoms. The number of nitrogens with zero attached hydrogens (tertiary/aromatic N) is 2. The zero-order chi connectivity index (χ0) is 8.55. The summed E-state index contributed by atoms with van der Waals surface area (Å²) in [7, 11) is 0. The van der Waals surface area contributed by atoms with Crippen LogP contribution in [-0.4, -0.2) is 9.38 Å². The van der Waals surface area contributed by atoms with Crippen LogP contribution in [-0.2, 0) is 6.54 Å². The molecule has 2 aromatic rings.